The van der Waals surface area contributed by atoms with Crippen molar-refractivity contribution in [3.05, 3.63) is 171 Å². The summed E-state index contributed by atoms with van der Waals surface area (Å²) in [6.45, 7) is 19.5. The number of aromatic nitrogens is 2. The van der Waals surface area contributed by atoms with Crippen LogP contribution in [-0.4, -0.2) is 8.75 Å². The van der Waals surface area contributed by atoms with E-state index in [0.717, 1.165) is 11.0 Å². The van der Waals surface area contributed by atoms with Crippen molar-refractivity contribution in [3.63, 3.8) is 0 Å². The first-order chi connectivity index (χ1) is 23.9. The Morgan fingerprint density at radius 1 is 0.420 bits per heavy atom. The number of rotatable bonds is 3. The minimum Gasteiger partial charge on any atom is -0.311 e. The molecule has 0 radical (unpaired) electrons. The molecule has 3 nitrogen and oxygen atoms in total. The molecule has 0 fully saturated rings. The molecule has 0 saturated heterocycles. The molecule has 0 bridgehead atoms. The molecule has 8 rings (SSSR count). The van der Waals surface area contributed by atoms with Crippen molar-refractivity contribution in [2.75, 3.05) is 4.90 Å². The fraction of sp³-hybridized carbons (Fsp3) is 0.217. The normalized spacial score (nSPS) is 12.3. The molecule has 0 atom stereocenters. The van der Waals surface area contributed by atoms with Gasteiger partial charge in [0, 0.05) is 22.5 Å². The van der Waals surface area contributed by atoms with Gasteiger partial charge in [-0.1, -0.05) is 127 Å². The maximum atomic E-state index is 4.21. The van der Waals surface area contributed by atoms with Gasteiger partial charge in [-0.05, 0) is 118 Å². The monoisotopic (exact) mass is 673 g/mol. The maximum absolute atomic E-state index is 4.21. The van der Waals surface area contributed by atoms with E-state index in [1.807, 2.05) is 0 Å². The smallest absolute Gasteiger partial charge is 0.107 e. The van der Waals surface area contributed by atoms with Crippen LogP contribution in [0.3, 0.4) is 0 Å². The molecule has 50 heavy (non-hydrogen) atoms. The Labute approximate surface area is 302 Å². The van der Waals surface area contributed by atoms with Gasteiger partial charge in [-0.3, -0.25) is 0 Å². The standard InChI is InChI=1S/C21H21N.C17H18.C8H8N2S/c1-16-4-10-19(11-5-16)22(20-12-6-17(2)7-13-20)21-14-8-18(3)9-15-21;1-11-5-7-13-14-8-6-12(2)10-16(14)17(3,4)15(13)9-11;1-5-3-4-6(2)8-7(5)9-11-10-8/h4-15H,1-3H3;5-10H,1-4H3;3-4H,1-2H3. The second kappa shape index (κ2) is 14.4. The topological polar surface area (TPSA) is 29.0 Å². The molecule has 7 aromatic rings. The molecule has 0 N–H and O–H groups in total. The van der Waals surface area contributed by atoms with Crippen molar-refractivity contribution in [1.82, 2.24) is 8.75 Å². The van der Waals surface area contributed by atoms with Gasteiger partial charge in [-0.15, -0.1) is 0 Å². The van der Waals surface area contributed by atoms with E-state index in [9.17, 15) is 0 Å². The van der Waals surface area contributed by atoms with E-state index in [-0.39, 0.29) is 5.41 Å². The summed E-state index contributed by atoms with van der Waals surface area (Å²) in [5.41, 5.74) is 20.5. The molecule has 0 aliphatic heterocycles. The van der Waals surface area contributed by atoms with Gasteiger partial charge in [0.15, 0.2) is 0 Å². The first-order valence-electron chi connectivity index (χ1n) is 17.3. The van der Waals surface area contributed by atoms with E-state index < -0.39 is 0 Å². The van der Waals surface area contributed by atoms with Crippen LogP contribution in [0.1, 0.15) is 63.9 Å². The highest BCUT2D eigenvalue weighted by atomic mass is 32.1. The van der Waals surface area contributed by atoms with Crippen LogP contribution in [-0.2, 0) is 5.41 Å². The van der Waals surface area contributed by atoms with Crippen molar-refractivity contribution in [2.45, 2.75) is 67.7 Å². The molecule has 6 aromatic carbocycles. The van der Waals surface area contributed by atoms with E-state index in [0.29, 0.717) is 0 Å². The van der Waals surface area contributed by atoms with Crippen molar-refractivity contribution in [3.8, 4) is 11.1 Å². The second-order valence-electron chi connectivity index (χ2n) is 14.2. The van der Waals surface area contributed by atoms with Crippen LogP contribution in [0, 0.1) is 48.5 Å². The number of aryl methyl sites for hydroxylation is 7. The highest BCUT2D eigenvalue weighted by Gasteiger charge is 2.35. The van der Waals surface area contributed by atoms with Crippen molar-refractivity contribution in [2.24, 2.45) is 0 Å². The zero-order valence-corrected chi connectivity index (χ0v) is 31.6. The highest BCUT2D eigenvalue weighted by Crippen LogP contribution is 2.49. The third kappa shape index (κ3) is 7.27. The first kappa shape index (κ1) is 34.8. The number of hydrogen-bond acceptors (Lipinski definition) is 4. The predicted octanol–water partition coefficient (Wildman–Crippen LogP) is 13.0. The van der Waals surface area contributed by atoms with Gasteiger partial charge in [0.05, 0.1) is 11.7 Å². The number of fused-ring (bicyclic) bond motifs is 4. The van der Waals surface area contributed by atoms with Gasteiger partial charge in [0.1, 0.15) is 11.0 Å². The van der Waals surface area contributed by atoms with Gasteiger partial charge in [-0.2, -0.15) is 8.75 Å². The van der Waals surface area contributed by atoms with Gasteiger partial charge in [0.2, 0.25) is 0 Å². The molecule has 0 unspecified atom stereocenters. The Balaban J connectivity index is 0.000000137. The maximum Gasteiger partial charge on any atom is 0.107 e. The largest absolute Gasteiger partial charge is 0.311 e. The fourth-order valence-corrected chi connectivity index (χ4v) is 7.27. The molecular weight excluding hydrogens is 627 g/mol. The summed E-state index contributed by atoms with van der Waals surface area (Å²) in [4.78, 5) is 2.29. The van der Waals surface area contributed by atoms with Crippen LogP contribution < -0.4 is 4.90 Å². The molecule has 1 aliphatic carbocycles. The molecule has 252 valence electrons. The predicted molar refractivity (Wildman–Crippen MR) is 216 cm³/mol. The number of hydrogen-bond donors (Lipinski definition) is 0. The quantitative estimate of drug-likeness (QED) is 0.187. The lowest BCUT2D eigenvalue weighted by molar-refractivity contribution is 0.659. The second-order valence-corrected chi connectivity index (χ2v) is 14.8. The summed E-state index contributed by atoms with van der Waals surface area (Å²) in [6.07, 6.45) is 0. The lowest BCUT2D eigenvalue weighted by Gasteiger charge is -2.25. The Kier molecular flexibility index (Phi) is 10.0. The number of nitrogens with zero attached hydrogens (tertiary/aromatic N) is 3. The zero-order chi connectivity index (χ0) is 35.6. The zero-order valence-electron chi connectivity index (χ0n) is 30.8. The molecular formula is C46H47N3S. The third-order valence-corrected chi connectivity index (χ3v) is 10.2. The minimum absolute atomic E-state index is 0.142. The lowest BCUT2D eigenvalue weighted by Crippen LogP contribution is -2.15. The molecule has 1 aliphatic rings. The summed E-state index contributed by atoms with van der Waals surface area (Å²) >= 11 is 1.28. The summed E-state index contributed by atoms with van der Waals surface area (Å²) < 4.78 is 8.42. The van der Waals surface area contributed by atoms with E-state index in [4.69, 9.17) is 0 Å². The van der Waals surface area contributed by atoms with Crippen LogP contribution in [0.5, 0.6) is 0 Å². The van der Waals surface area contributed by atoms with E-state index >= 15 is 0 Å². The SMILES string of the molecule is Cc1ccc(C)c2nsnc12.Cc1ccc(N(c2ccc(C)cc2)c2ccc(C)cc2)cc1.Cc1ccc2c(c1)C(C)(C)c1cc(C)ccc1-2. The summed E-state index contributed by atoms with van der Waals surface area (Å²) in [7, 11) is 0. The van der Waals surface area contributed by atoms with Gasteiger partial charge >= 0.3 is 0 Å². The molecule has 0 saturated carbocycles. The van der Waals surface area contributed by atoms with Crippen LogP contribution >= 0.6 is 11.7 Å². The van der Waals surface area contributed by atoms with E-state index in [1.165, 1.54) is 90.0 Å². The Morgan fingerprint density at radius 3 is 1.08 bits per heavy atom. The van der Waals surface area contributed by atoms with Gasteiger partial charge < -0.3 is 4.90 Å². The van der Waals surface area contributed by atoms with Gasteiger partial charge in [-0.25, -0.2) is 0 Å². The molecule has 0 spiro atoms. The highest BCUT2D eigenvalue weighted by molar-refractivity contribution is 7.00. The fourth-order valence-electron chi connectivity index (χ4n) is 6.61. The molecule has 1 aromatic heterocycles. The first-order valence-corrected chi connectivity index (χ1v) is 18.1. The summed E-state index contributed by atoms with van der Waals surface area (Å²) in [5.74, 6) is 0. The minimum atomic E-state index is 0.142. The average molecular weight is 674 g/mol. The van der Waals surface area contributed by atoms with Crippen molar-refractivity contribution in [1.29, 1.82) is 0 Å². The Morgan fingerprint density at radius 2 is 0.740 bits per heavy atom. The van der Waals surface area contributed by atoms with Crippen molar-refractivity contribution >= 4 is 39.8 Å². The van der Waals surface area contributed by atoms with Crippen LogP contribution in [0.25, 0.3) is 22.2 Å². The van der Waals surface area contributed by atoms with Crippen LogP contribution in [0.2, 0.25) is 0 Å². The lowest BCUT2D eigenvalue weighted by atomic mass is 9.81. The summed E-state index contributed by atoms with van der Waals surface area (Å²) in [5, 5.41) is 0. The molecule has 4 heteroatoms. The van der Waals surface area contributed by atoms with Crippen molar-refractivity contribution < 1.29 is 0 Å². The Bertz CT molecular complexity index is 2040. The molecule has 1 heterocycles. The summed E-state index contributed by atoms with van der Waals surface area (Å²) in [6, 6.07) is 43.8. The number of benzene rings is 6. The average Bonchev–Trinajstić information content (AvgIpc) is 3.69. The van der Waals surface area contributed by atoms with E-state index in [2.05, 4.69) is 197 Å². The third-order valence-electron chi connectivity index (χ3n) is 9.68. The van der Waals surface area contributed by atoms with Gasteiger partial charge in [0.25, 0.3) is 0 Å². The molecule has 0 amide bonds. The Hall–Kier alpha value is -5.06. The number of anilines is 3. The van der Waals surface area contributed by atoms with Crippen LogP contribution in [0.15, 0.2) is 121 Å². The van der Waals surface area contributed by atoms with Crippen LogP contribution in [0.4, 0.5) is 17.1 Å². The van der Waals surface area contributed by atoms with E-state index in [1.54, 1.807) is 0 Å².